The zero-order chi connectivity index (χ0) is 15.0. The maximum Gasteiger partial charge on any atom is 0.311 e. The van der Waals surface area contributed by atoms with E-state index in [9.17, 15) is 14.7 Å². The molecular weight excluding hydrogens is 286 g/mol. The molecule has 5 heteroatoms. The van der Waals surface area contributed by atoms with Crippen LogP contribution in [0, 0.1) is 5.41 Å². The van der Waals surface area contributed by atoms with Crippen LogP contribution in [-0.2, 0) is 4.79 Å². The third-order valence-corrected chi connectivity index (χ3v) is 5.44. The molecular formula is C16H17NO3S. The van der Waals surface area contributed by atoms with Gasteiger partial charge < -0.3 is 10.4 Å². The van der Waals surface area contributed by atoms with E-state index < -0.39 is 11.4 Å². The van der Waals surface area contributed by atoms with Gasteiger partial charge in [0.1, 0.15) is 0 Å². The molecule has 1 aromatic heterocycles. The van der Waals surface area contributed by atoms with Crippen LogP contribution in [0.15, 0.2) is 29.6 Å². The monoisotopic (exact) mass is 303 g/mol. The van der Waals surface area contributed by atoms with Crippen LogP contribution in [0.1, 0.15) is 36.5 Å². The molecule has 0 spiro atoms. The fraction of sp³-hybridized carbons (Fsp3) is 0.375. The van der Waals surface area contributed by atoms with Gasteiger partial charge in [-0.05, 0) is 25.8 Å². The molecule has 1 aromatic carbocycles. The zero-order valence-corrected chi connectivity index (χ0v) is 12.6. The van der Waals surface area contributed by atoms with Crippen LogP contribution in [0.3, 0.4) is 0 Å². The Morgan fingerprint density at radius 1 is 1.38 bits per heavy atom. The Morgan fingerprint density at radius 2 is 2.14 bits per heavy atom. The lowest BCUT2D eigenvalue weighted by molar-refractivity contribution is -0.148. The molecule has 0 bridgehead atoms. The molecule has 110 valence electrons. The van der Waals surface area contributed by atoms with Crippen LogP contribution < -0.4 is 5.32 Å². The first-order valence-electron chi connectivity index (χ1n) is 7.03. The number of thiophene rings is 1. The highest BCUT2D eigenvalue weighted by Crippen LogP contribution is 2.38. The number of hydrogen-bond acceptors (Lipinski definition) is 3. The van der Waals surface area contributed by atoms with Crippen molar-refractivity contribution in [2.24, 2.45) is 5.41 Å². The maximum absolute atomic E-state index is 12.5. The number of carbonyl (C=O) groups excluding carboxylic acids is 1. The fourth-order valence-corrected chi connectivity index (χ4v) is 3.98. The average molecular weight is 303 g/mol. The Hall–Kier alpha value is -1.88. The van der Waals surface area contributed by atoms with E-state index in [-0.39, 0.29) is 11.9 Å². The van der Waals surface area contributed by atoms with Crippen LogP contribution in [-0.4, -0.2) is 23.0 Å². The number of hydrogen-bond donors (Lipinski definition) is 2. The van der Waals surface area contributed by atoms with Gasteiger partial charge in [0.25, 0.3) is 5.91 Å². The molecule has 0 aliphatic heterocycles. The number of carboxylic acids is 1. The van der Waals surface area contributed by atoms with Crippen molar-refractivity contribution >= 4 is 33.3 Å². The number of nitrogens with one attached hydrogen (secondary N) is 1. The molecule has 1 aliphatic carbocycles. The largest absolute Gasteiger partial charge is 0.481 e. The van der Waals surface area contributed by atoms with Gasteiger partial charge in [-0.3, -0.25) is 9.59 Å². The number of amides is 1. The molecule has 2 aromatic rings. The van der Waals surface area contributed by atoms with E-state index in [0.717, 1.165) is 22.9 Å². The number of carbonyl (C=O) groups is 2. The average Bonchev–Trinajstić information content (AvgIpc) is 3.04. The first kappa shape index (κ1) is 14.1. The van der Waals surface area contributed by atoms with Crippen LogP contribution in [0.5, 0.6) is 0 Å². The molecule has 0 radical (unpaired) electrons. The Bertz CT molecular complexity index is 708. The number of aliphatic carboxylic acids is 1. The fourth-order valence-electron chi connectivity index (χ4n) is 3.04. The molecule has 1 saturated carbocycles. The summed E-state index contributed by atoms with van der Waals surface area (Å²) in [6.07, 6.45) is 2.16. The minimum atomic E-state index is -0.860. The molecule has 2 N–H and O–H groups in total. The van der Waals surface area contributed by atoms with E-state index in [4.69, 9.17) is 0 Å². The Morgan fingerprint density at radius 3 is 2.90 bits per heavy atom. The van der Waals surface area contributed by atoms with Crippen LogP contribution >= 0.6 is 11.3 Å². The van der Waals surface area contributed by atoms with Crippen molar-refractivity contribution in [3.8, 4) is 0 Å². The van der Waals surface area contributed by atoms with Gasteiger partial charge in [-0.15, -0.1) is 11.3 Å². The highest BCUT2D eigenvalue weighted by atomic mass is 32.1. The summed E-state index contributed by atoms with van der Waals surface area (Å²) in [5.74, 6) is -1.01. The summed E-state index contributed by atoms with van der Waals surface area (Å²) in [5, 5.41) is 15.1. The molecule has 4 nitrogen and oxygen atoms in total. The van der Waals surface area contributed by atoms with E-state index >= 15 is 0 Å². The van der Waals surface area contributed by atoms with E-state index in [2.05, 4.69) is 5.32 Å². The SMILES string of the molecule is CC1(C(=O)O)CCCC1NC(=O)c1csc2ccccc12. The molecule has 1 amide bonds. The second-order valence-electron chi connectivity index (χ2n) is 5.79. The highest BCUT2D eigenvalue weighted by molar-refractivity contribution is 7.17. The molecule has 1 aliphatic rings. The molecule has 1 heterocycles. The molecule has 2 atom stereocenters. The van der Waals surface area contributed by atoms with Crippen molar-refractivity contribution in [2.75, 3.05) is 0 Å². The predicted octanol–water partition coefficient (Wildman–Crippen LogP) is 3.27. The Kier molecular flexibility index (Phi) is 3.45. The van der Waals surface area contributed by atoms with Gasteiger partial charge in [-0.2, -0.15) is 0 Å². The number of fused-ring (bicyclic) bond motifs is 1. The quantitative estimate of drug-likeness (QED) is 0.914. The van der Waals surface area contributed by atoms with Crippen molar-refractivity contribution in [1.82, 2.24) is 5.32 Å². The van der Waals surface area contributed by atoms with Crippen molar-refractivity contribution in [3.63, 3.8) is 0 Å². The summed E-state index contributed by atoms with van der Waals surface area (Å²) in [6, 6.07) is 7.45. The summed E-state index contributed by atoms with van der Waals surface area (Å²) < 4.78 is 1.06. The Labute approximate surface area is 126 Å². The maximum atomic E-state index is 12.5. The second-order valence-corrected chi connectivity index (χ2v) is 6.70. The van der Waals surface area contributed by atoms with Crippen molar-refractivity contribution in [3.05, 3.63) is 35.2 Å². The Balaban J connectivity index is 1.85. The summed E-state index contributed by atoms with van der Waals surface area (Å²) in [5.41, 5.74) is -0.225. The molecule has 2 unspecified atom stereocenters. The van der Waals surface area contributed by atoms with Gasteiger partial charge in [0.05, 0.1) is 11.0 Å². The first-order valence-corrected chi connectivity index (χ1v) is 7.91. The lowest BCUT2D eigenvalue weighted by atomic mass is 9.85. The molecule has 1 fully saturated rings. The number of carboxylic acid groups (broad SMARTS) is 1. The highest BCUT2D eigenvalue weighted by Gasteiger charge is 2.46. The summed E-state index contributed by atoms with van der Waals surface area (Å²) in [4.78, 5) is 24.0. The van der Waals surface area contributed by atoms with Crippen LogP contribution in [0.2, 0.25) is 0 Å². The van der Waals surface area contributed by atoms with Gasteiger partial charge in [0.2, 0.25) is 0 Å². The van der Waals surface area contributed by atoms with E-state index in [1.807, 2.05) is 29.6 Å². The van der Waals surface area contributed by atoms with Crippen LogP contribution in [0.25, 0.3) is 10.1 Å². The van der Waals surface area contributed by atoms with Crippen LogP contribution in [0.4, 0.5) is 0 Å². The van der Waals surface area contributed by atoms with Crippen molar-refractivity contribution in [1.29, 1.82) is 0 Å². The third kappa shape index (κ3) is 2.31. The van der Waals surface area contributed by atoms with Gasteiger partial charge in [0.15, 0.2) is 0 Å². The summed E-state index contributed by atoms with van der Waals surface area (Å²) in [6.45, 7) is 1.72. The summed E-state index contributed by atoms with van der Waals surface area (Å²) >= 11 is 1.53. The molecule has 3 rings (SSSR count). The van der Waals surface area contributed by atoms with E-state index in [1.165, 1.54) is 11.3 Å². The third-order valence-electron chi connectivity index (χ3n) is 4.48. The minimum Gasteiger partial charge on any atom is -0.481 e. The van der Waals surface area contributed by atoms with Gasteiger partial charge in [0, 0.05) is 21.5 Å². The summed E-state index contributed by atoms with van der Waals surface area (Å²) in [7, 11) is 0. The number of rotatable bonds is 3. The normalized spacial score (nSPS) is 25.1. The van der Waals surface area contributed by atoms with Gasteiger partial charge in [-0.25, -0.2) is 0 Å². The lowest BCUT2D eigenvalue weighted by Crippen LogP contribution is -2.47. The molecule has 21 heavy (non-hydrogen) atoms. The molecule has 0 saturated heterocycles. The predicted molar refractivity (Wildman–Crippen MR) is 82.7 cm³/mol. The smallest absolute Gasteiger partial charge is 0.311 e. The minimum absolute atomic E-state index is 0.174. The van der Waals surface area contributed by atoms with Gasteiger partial charge in [-0.1, -0.05) is 24.6 Å². The first-order chi connectivity index (χ1) is 10.0. The van der Waals surface area contributed by atoms with E-state index in [1.54, 1.807) is 6.92 Å². The number of benzene rings is 1. The van der Waals surface area contributed by atoms with E-state index in [0.29, 0.717) is 12.0 Å². The van der Waals surface area contributed by atoms with Gasteiger partial charge >= 0.3 is 5.97 Å². The van der Waals surface area contributed by atoms with Crippen molar-refractivity contribution in [2.45, 2.75) is 32.2 Å². The van der Waals surface area contributed by atoms with Crippen molar-refractivity contribution < 1.29 is 14.7 Å². The topological polar surface area (TPSA) is 66.4 Å². The zero-order valence-electron chi connectivity index (χ0n) is 11.8. The second kappa shape index (κ2) is 5.15. The lowest BCUT2D eigenvalue weighted by Gasteiger charge is -2.27. The standard InChI is InChI=1S/C16H17NO3S/c1-16(15(19)20)8-4-7-13(16)17-14(18)11-9-21-12-6-3-2-5-10(11)12/h2-3,5-6,9,13H,4,7-8H2,1H3,(H,17,18)(H,19,20).